The standard InChI is InChI=1S/C28H21ClF4N4O5/c29-22-10-9-18(30)23(35-22)24(39)36-27(11-12-27)26(41)34-19-13-21(38)17-3-1-2-4-20(17)37(25(19)40)14-15-5-7-16(8-6-15)42-28(31,32)33/h1-10,19H,11-14H2,(H,34,41)(H,36,39)/t19-/m1/s1. The molecule has 0 spiro atoms. The first-order valence-electron chi connectivity index (χ1n) is 12.6. The Bertz CT molecular complexity index is 1580. The molecule has 2 heterocycles. The maximum atomic E-state index is 14.1. The van der Waals surface area contributed by atoms with E-state index in [4.69, 9.17) is 11.6 Å². The highest BCUT2D eigenvalue weighted by atomic mass is 35.5. The van der Waals surface area contributed by atoms with Crippen molar-refractivity contribution in [3.8, 4) is 5.75 Å². The number of fused-ring (bicyclic) bond motifs is 1. The van der Waals surface area contributed by atoms with Gasteiger partial charge in [0.1, 0.15) is 22.5 Å². The number of carbonyl (C=O) groups is 4. The number of ether oxygens (including phenoxy) is 1. The fourth-order valence-corrected chi connectivity index (χ4v) is 4.72. The van der Waals surface area contributed by atoms with Crippen molar-refractivity contribution in [2.75, 3.05) is 4.90 Å². The number of hydrogen-bond acceptors (Lipinski definition) is 6. The quantitative estimate of drug-likeness (QED) is 0.306. The number of amides is 3. The van der Waals surface area contributed by atoms with Gasteiger partial charge in [0.2, 0.25) is 11.8 Å². The van der Waals surface area contributed by atoms with Crippen molar-refractivity contribution in [2.24, 2.45) is 0 Å². The summed E-state index contributed by atoms with van der Waals surface area (Å²) in [6.07, 6.45) is -4.87. The van der Waals surface area contributed by atoms with Crippen LogP contribution in [0.2, 0.25) is 5.15 Å². The number of benzene rings is 2. The number of hydrogen-bond donors (Lipinski definition) is 2. The van der Waals surface area contributed by atoms with Gasteiger partial charge in [-0.3, -0.25) is 19.2 Å². The molecule has 0 saturated heterocycles. The minimum atomic E-state index is -4.87. The predicted molar refractivity (Wildman–Crippen MR) is 140 cm³/mol. The van der Waals surface area contributed by atoms with Crippen LogP contribution in [-0.4, -0.2) is 46.4 Å². The maximum absolute atomic E-state index is 14.1. The zero-order valence-corrected chi connectivity index (χ0v) is 22.3. The van der Waals surface area contributed by atoms with Crippen molar-refractivity contribution in [1.29, 1.82) is 0 Å². The highest BCUT2D eigenvalue weighted by Gasteiger charge is 2.53. The Kier molecular flexibility index (Phi) is 7.62. The van der Waals surface area contributed by atoms with Gasteiger partial charge in [-0.2, -0.15) is 0 Å². The minimum absolute atomic E-state index is 0.124. The number of para-hydroxylation sites is 1. The molecule has 1 fully saturated rings. The molecule has 218 valence electrons. The van der Waals surface area contributed by atoms with Crippen LogP contribution in [0, 0.1) is 5.82 Å². The normalized spacial score (nSPS) is 17.6. The molecule has 1 aromatic heterocycles. The third-order valence-corrected chi connectivity index (χ3v) is 7.03. The van der Waals surface area contributed by atoms with Crippen LogP contribution in [0.25, 0.3) is 0 Å². The monoisotopic (exact) mass is 604 g/mol. The lowest BCUT2D eigenvalue weighted by Gasteiger charge is -2.27. The van der Waals surface area contributed by atoms with E-state index in [9.17, 15) is 36.7 Å². The van der Waals surface area contributed by atoms with E-state index in [1.807, 2.05) is 0 Å². The summed E-state index contributed by atoms with van der Waals surface area (Å²) >= 11 is 5.76. The number of halogens is 5. The van der Waals surface area contributed by atoms with E-state index in [1.54, 1.807) is 18.2 Å². The van der Waals surface area contributed by atoms with Gasteiger partial charge in [-0.05, 0) is 54.8 Å². The molecular formula is C28H21ClF4N4O5. The molecule has 9 nitrogen and oxygen atoms in total. The van der Waals surface area contributed by atoms with Crippen LogP contribution < -0.4 is 20.3 Å². The molecule has 1 saturated carbocycles. The number of Topliss-reactive ketones (excluding diaryl/α,β-unsaturated/α-hetero) is 1. The van der Waals surface area contributed by atoms with E-state index in [-0.39, 0.29) is 42.2 Å². The zero-order chi connectivity index (χ0) is 30.2. The molecule has 2 aliphatic rings. The molecule has 1 aliphatic carbocycles. The summed E-state index contributed by atoms with van der Waals surface area (Å²) in [5.74, 6) is -4.19. The lowest BCUT2D eigenvalue weighted by atomic mass is 10.0. The van der Waals surface area contributed by atoms with Crippen LogP contribution in [0.4, 0.5) is 23.2 Å². The summed E-state index contributed by atoms with van der Waals surface area (Å²) in [4.78, 5) is 57.8. The minimum Gasteiger partial charge on any atom is -0.406 e. The SMILES string of the molecule is O=C1C[C@@H](NC(=O)C2(NC(=O)c3nc(Cl)ccc3F)CC2)C(=O)N(Cc2ccc(OC(F)(F)F)cc2)c2ccccc21. The van der Waals surface area contributed by atoms with Gasteiger partial charge >= 0.3 is 6.36 Å². The summed E-state index contributed by atoms with van der Waals surface area (Å²) in [5, 5.41) is 4.89. The van der Waals surface area contributed by atoms with E-state index in [0.717, 1.165) is 24.3 Å². The third-order valence-electron chi connectivity index (χ3n) is 6.82. The summed E-state index contributed by atoms with van der Waals surface area (Å²) < 4.78 is 55.7. The number of anilines is 1. The molecular weight excluding hydrogens is 584 g/mol. The largest absolute Gasteiger partial charge is 0.573 e. The van der Waals surface area contributed by atoms with Crippen LogP contribution in [0.5, 0.6) is 5.75 Å². The molecule has 42 heavy (non-hydrogen) atoms. The van der Waals surface area contributed by atoms with Gasteiger partial charge in [-0.15, -0.1) is 13.2 Å². The summed E-state index contributed by atoms with van der Waals surface area (Å²) in [7, 11) is 0. The molecule has 0 unspecified atom stereocenters. The van der Waals surface area contributed by atoms with Crippen LogP contribution in [0.15, 0.2) is 60.7 Å². The predicted octanol–water partition coefficient (Wildman–Crippen LogP) is 4.34. The van der Waals surface area contributed by atoms with Crippen molar-refractivity contribution in [3.63, 3.8) is 0 Å². The fraction of sp³-hybridized carbons (Fsp3) is 0.250. The number of alkyl halides is 3. The topological polar surface area (TPSA) is 118 Å². The highest BCUT2D eigenvalue weighted by Crippen LogP contribution is 2.37. The van der Waals surface area contributed by atoms with Gasteiger partial charge in [-0.1, -0.05) is 35.9 Å². The third kappa shape index (κ3) is 6.20. The molecule has 2 N–H and O–H groups in total. The Morgan fingerprint density at radius 3 is 2.40 bits per heavy atom. The zero-order valence-electron chi connectivity index (χ0n) is 21.5. The molecule has 0 radical (unpaired) electrons. The second kappa shape index (κ2) is 11.0. The van der Waals surface area contributed by atoms with Crippen LogP contribution in [0.1, 0.15) is 45.7 Å². The Balaban J connectivity index is 1.36. The number of nitrogens with one attached hydrogen (secondary N) is 2. The van der Waals surface area contributed by atoms with Gasteiger partial charge in [0.15, 0.2) is 17.3 Å². The number of ketones is 1. The Morgan fingerprint density at radius 1 is 1.05 bits per heavy atom. The fourth-order valence-electron chi connectivity index (χ4n) is 4.57. The average Bonchev–Trinajstić information content (AvgIpc) is 3.73. The van der Waals surface area contributed by atoms with E-state index in [0.29, 0.717) is 5.56 Å². The molecule has 3 amide bonds. The molecule has 5 rings (SSSR count). The molecule has 3 aromatic rings. The lowest BCUT2D eigenvalue weighted by molar-refractivity contribution is -0.274. The number of aromatic nitrogens is 1. The number of carbonyl (C=O) groups excluding carboxylic acids is 4. The van der Waals surface area contributed by atoms with Gasteiger partial charge in [0.25, 0.3) is 5.91 Å². The first-order valence-corrected chi connectivity index (χ1v) is 13.0. The Labute approximate surface area is 240 Å². The Morgan fingerprint density at radius 2 is 1.74 bits per heavy atom. The van der Waals surface area contributed by atoms with Crippen molar-refractivity contribution < 1.29 is 41.5 Å². The number of rotatable bonds is 7. The van der Waals surface area contributed by atoms with Crippen LogP contribution in [0.3, 0.4) is 0 Å². The van der Waals surface area contributed by atoms with E-state index >= 15 is 0 Å². The van der Waals surface area contributed by atoms with Crippen molar-refractivity contribution >= 4 is 40.8 Å². The number of nitrogens with zero attached hydrogens (tertiary/aromatic N) is 2. The van der Waals surface area contributed by atoms with Crippen molar-refractivity contribution in [2.45, 2.75) is 43.8 Å². The van der Waals surface area contributed by atoms with Crippen molar-refractivity contribution in [3.05, 3.63) is 88.5 Å². The van der Waals surface area contributed by atoms with Crippen LogP contribution in [-0.2, 0) is 16.1 Å². The lowest BCUT2D eigenvalue weighted by Crippen LogP contribution is -2.55. The van der Waals surface area contributed by atoms with Crippen molar-refractivity contribution in [1.82, 2.24) is 15.6 Å². The van der Waals surface area contributed by atoms with Gasteiger partial charge in [-0.25, -0.2) is 9.37 Å². The second-order valence-corrected chi connectivity index (χ2v) is 10.2. The molecule has 2 aromatic carbocycles. The molecule has 1 atom stereocenters. The first kappa shape index (κ1) is 29.0. The highest BCUT2D eigenvalue weighted by molar-refractivity contribution is 6.29. The Hall–Kier alpha value is -4.52. The number of pyridine rings is 1. The van der Waals surface area contributed by atoms with Gasteiger partial charge in [0.05, 0.1) is 12.2 Å². The first-order chi connectivity index (χ1) is 19.8. The summed E-state index contributed by atoms with van der Waals surface area (Å²) in [6, 6.07) is 12.0. The smallest absolute Gasteiger partial charge is 0.406 e. The van der Waals surface area contributed by atoms with Gasteiger partial charge < -0.3 is 20.3 Å². The van der Waals surface area contributed by atoms with Crippen LogP contribution >= 0.6 is 11.6 Å². The molecule has 14 heteroatoms. The summed E-state index contributed by atoms with van der Waals surface area (Å²) in [5.41, 5.74) is -1.15. The maximum Gasteiger partial charge on any atom is 0.573 e. The molecule has 1 aliphatic heterocycles. The van der Waals surface area contributed by atoms with E-state index in [2.05, 4.69) is 20.4 Å². The summed E-state index contributed by atoms with van der Waals surface area (Å²) in [6.45, 7) is -0.136. The molecule has 0 bridgehead atoms. The second-order valence-electron chi connectivity index (χ2n) is 9.79. The van der Waals surface area contributed by atoms with Gasteiger partial charge in [0, 0.05) is 12.0 Å². The van der Waals surface area contributed by atoms with E-state index < -0.39 is 58.7 Å². The van der Waals surface area contributed by atoms with E-state index in [1.165, 1.54) is 23.1 Å². The average molecular weight is 605 g/mol.